The van der Waals surface area contributed by atoms with Gasteiger partial charge in [0.1, 0.15) is 5.82 Å². The van der Waals surface area contributed by atoms with Gasteiger partial charge in [0.2, 0.25) is 0 Å². The van der Waals surface area contributed by atoms with Crippen LogP contribution < -0.4 is 11.3 Å². The molecule has 0 saturated carbocycles. The molecule has 0 spiro atoms. The molecular weight excluding hydrogens is 271 g/mol. The van der Waals surface area contributed by atoms with Crippen molar-refractivity contribution in [1.29, 1.82) is 0 Å². The lowest BCUT2D eigenvalue weighted by molar-refractivity contribution is 1.06. The highest BCUT2D eigenvalue weighted by atomic mass is 35.5. The predicted octanol–water partition coefficient (Wildman–Crippen LogP) is 3.35. The Labute approximate surface area is 115 Å². The van der Waals surface area contributed by atoms with Crippen molar-refractivity contribution in [1.82, 2.24) is 9.97 Å². The number of nitrogen functional groups attached to an aromatic ring is 1. The molecule has 18 heavy (non-hydrogen) atoms. The van der Waals surface area contributed by atoms with E-state index in [1.165, 1.54) is 0 Å². The molecule has 0 aliphatic heterocycles. The number of aromatic nitrogens is 2. The molecule has 0 aliphatic rings. The highest BCUT2D eigenvalue weighted by molar-refractivity contribution is 6.35. The van der Waals surface area contributed by atoms with E-state index in [9.17, 15) is 0 Å². The van der Waals surface area contributed by atoms with Crippen LogP contribution in [0.5, 0.6) is 0 Å². The molecule has 0 atom stereocenters. The first kappa shape index (κ1) is 13.1. The topological polar surface area (TPSA) is 63.8 Å². The molecule has 1 aromatic heterocycles. The lowest BCUT2D eigenvalue weighted by Gasteiger charge is -2.10. The van der Waals surface area contributed by atoms with E-state index in [-0.39, 0.29) is 0 Å². The Bertz CT molecular complexity index is 599. The van der Waals surface area contributed by atoms with Gasteiger partial charge in [-0.15, -0.1) is 0 Å². The number of aryl methyl sites for hydroxylation is 1. The fourth-order valence-corrected chi connectivity index (χ4v) is 1.93. The van der Waals surface area contributed by atoms with Crippen molar-refractivity contribution in [2.45, 2.75) is 13.8 Å². The quantitative estimate of drug-likeness (QED) is 0.655. The van der Waals surface area contributed by atoms with Crippen LogP contribution in [0.4, 0.5) is 5.82 Å². The van der Waals surface area contributed by atoms with Gasteiger partial charge in [-0.05, 0) is 32.0 Å². The minimum atomic E-state index is 0.499. The van der Waals surface area contributed by atoms with Gasteiger partial charge in [0.15, 0.2) is 5.82 Å². The first-order valence-corrected chi connectivity index (χ1v) is 6.06. The van der Waals surface area contributed by atoms with E-state index in [1.54, 1.807) is 18.2 Å². The third-order valence-electron chi connectivity index (χ3n) is 2.70. The Hall–Kier alpha value is -1.36. The second-order valence-electron chi connectivity index (χ2n) is 3.87. The number of benzene rings is 1. The molecule has 0 amide bonds. The molecule has 2 rings (SSSR count). The summed E-state index contributed by atoms with van der Waals surface area (Å²) in [4.78, 5) is 8.74. The van der Waals surface area contributed by atoms with Gasteiger partial charge in [-0.3, -0.25) is 0 Å². The van der Waals surface area contributed by atoms with Crippen LogP contribution in [0, 0.1) is 13.8 Å². The van der Waals surface area contributed by atoms with Crippen LogP contribution in [0.25, 0.3) is 11.4 Å². The predicted molar refractivity (Wildman–Crippen MR) is 74.8 cm³/mol. The van der Waals surface area contributed by atoms with Crippen molar-refractivity contribution in [2.75, 3.05) is 5.43 Å². The second kappa shape index (κ2) is 5.10. The molecule has 0 saturated heterocycles. The normalized spacial score (nSPS) is 10.5. The van der Waals surface area contributed by atoms with Gasteiger partial charge in [-0.25, -0.2) is 15.8 Å². The van der Waals surface area contributed by atoms with E-state index >= 15 is 0 Å². The van der Waals surface area contributed by atoms with Gasteiger partial charge in [0.05, 0.1) is 5.02 Å². The van der Waals surface area contributed by atoms with Crippen LogP contribution in [-0.2, 0) is 0 Å². The van der Waals surface area contributed by atoms with Crippen LogP contribution in [0.1, 0.15) is 11.3 Å². The highest BCUT2D eigenvalue weighted by Gasteiger charge is 2.12. The molecule has 2 aromatic rings. The highest BCUT2D eigenvalue weighted by Crippen LogP contribution is 2.29. The van der Waals surface area contributed by atoms with E-state index < -0.39 is 0 Å². The molecule has 1 heterocycles. The Morgan fingerprint density at radius 2 is 1.89 bits per heavy atom. The molecule has 0 fully saturated rings. The van der Waals surface area contributed by atoms with Crippen LogP contribution in [0.2, 0.25) is 10.0 Å². The maximum atomic E-state index is 6.13. The molecule has 94 valence electrons. The average molecular weight is 283 g/mol. The minimum absolute atomic E-state index is 0.499. The molecule has 0 radical (unpaired) electrons. The summed E-state index contributed by atoms with van der Waals surface area (Å²) in [5.41, 5.74) is 4.98. The largest absolute Gasteiger partial charge is 0.308 e. The minimum Gasteiger partial charge on any atom is -0.308 e. The molecule has 0 unspecified atom stereocenters. The molecule has 0 aliphatic carbocycles. The van der Waals surface area contributed by atoms with Gasteiger partial charge in [-0.1, -0.05) is 23.2 Å². The number of hydrogen-bond donors (Lipinski definition) is 2. The molecule has 6 heteroatoms. The summed E-state index contributed by atoms with van der Waals surface area (Å²) in [5.74, 6) is 6.51. The number of nitrogens with zero attached hydrogens (tertiary/aromatic N) is 2. The van der Waals surface area contributed by atoms with E-state index in [2.05, 4.69) is 15.4 Å². The zero-order chi connectivity index (χ0) is 13.3. The SMILES string of the molecule is Cc1nc(-c2cc(Cl)ccc2Cl)nc(NN)c1C. The zero-order valence-electron chi connectivity index (χ0n) is 9.96. The molecular formula is C12H12Cl2N4. The van der Waals surface area contributed by atoms with Crippen molar-refractivity contribution < 1.29 is 0 Å². The molecule has 0 bridgehead atoms. The van der Waals surface area contributed by atoms with E-state index in [0.717, 1.165) is 11.3 Å². The Kier molecular flexibility index (Phi) is 3.71. The molecule has 1 aromatic carbocycles. The third kappa shape index (κ3) is 2.41. The first-order chi connectivity index (χ1) is 8.52. The van der Waals surface area contributed by atoms with Gasteiger partial charge < -0.3 is 5.43 Å². The fraction of sp³-hybridized carbons (Fsp3) is 0.167. The standard InChI is InChI=1S/C12H12Cl2N4/c1-6-7(2)16-12(17-11(6)18-15)9-5-8(13)3-4-10(9)14/h3-5H,15H2,1-2H3,(H,16,17,18). The van der Waals surface area contributed by atoms with Gasteiger partial charge in [0.25, 0.3) is 0 Å². The second-order valence-corrected chi connectivity index (χ2v) is 4.72. The molecule has 4 nitrogen and oxygen atoms in total. The third-order valence-corrected chi connectivity index (χ3v) is 3.26. The van der Waals surface area contributed by atoms with E-state index in [0.29, 0.717) is 27.3 Å². The summed E-state index contributed by atoms with van der Waals surface area (Å²) in [5, 5.41) is 1.13. The maximum absolute atomic E-state index is 6.13. The van der Waals surface area contributed by atoms with Gasteiger partial charge in [0, 0.05) is 21.8 Å². The lowest BCUT2D eigenvalue weighted by Crippen LogP contribution is -2.12. The van der Waals surface area contributed by atoms with Crippen LogP contribution in [0.15, 0.2) is 18.2 Å². The van der Waals surface area contributed by atoms with Crippen molar-refractivity contribution in [3.05, 3.63) is 39.5 Å². The number of halogens is 2. The monoisotopic (exact) mass is 282 g/mol. The summed E-state index contributed by atoms with van der Waals surface area (Å²) >= 11 is 12.1. The summed E-state index contributed by atoms with van der Waals surface area (Å²) in [6.45, 7) is 3.79. The summed E-state index contributed by atoms with van der Waals surface area (Å²) in [7, 11) is 0. The smallest absolute Gasteiger partial charge is 0.163 e. The average Bonchev–Trinajstić information content (AvgIpc) is 2.35. The number of rotatable bonds is 2. The number of anilines is 1. The molecule has 3 N–H and O–H groups in total. The van der Waals surface area contributed by atoms with E-state index in [1.807, 2.05) is 13.8 Å². The van der Waals surface area contributed by atoms with Crippen LogP contribution >= 0.6 is 23.2 Å². The van der Waals surface area contributed by atoms with Crippen molar-refractivity contribution >= 4 is 29.0 Å². The Morgan fingerprint density at radius 1 is 1.17 bits per heavy atom. The van der Waals surface area contributed by atoms with Gasteiger partial charge >= 0.3 is 0 Å². The summed E-state index contributed by atoms with van der Waals surface area (Å²) < 4.78 is 0. The van der Waals surface area contributed by atoms with Crippen LogP contribution in [0.3, 0.4) is 0 Å². The Morgan fingerprint density at radius 3 is 2.56 bits per heavy atom. The number of nitrogens with two attached hydrogens (primary N) is 1. The van der Waals surface area contributed by atoms with Crippen molar-refractivity contribution in [2.24, 2.45) is 5.84 Å². The number of hydrazine groups is 1. The van der Waals surface area contributed by atoms with Crippen molar-refractivity contribution in [3.63, 3.8) is 0 Å². The fourth-order valence-electron chi connectivity index (χ4n) is 1.56. The number of hydrogen-bond acceptors (Lipinski definition) is 4. The lowest BCUT2D eigenvalue weighted by atomic mass is 10.2. The van der Waals surface area contributed by atoms with Gasteiger partial charge in [-0.2, -0.15) is 0 Å². The van der Waals surface area contributed by atoms with Crippen LogP contribution in [-0.4, -0.2) is 9.97 Å². The number of nitrogens with one attached hydrogen (secondary N) is 1. The zero-order valence-corrected chi connectivity index (χ0v) is 11.5. The Balaban J connectivity index is 2.64. The first-order valence-electron chi connectivity index (χ1n) is 5.30. The summed E-state index contributed by atoms with van der Waals surface area (Å²) in [6.07, 6.45) is 0. The maximum Gasteiger partial charge on any atom is 0.163 e. The van der Waals surface area contributed by atoms with Crippen molar-refractivity contribution in [3.8, 4) is 11.4 Å². The summed E-state index contributed by atoms with van der Waals surface area (Å²) in [6, 6.07) is 5.16. The van der Waals surface area contributed by atoms with E-state index in [4.69, 9.17) is 29.0 Å².